The minimum atomic E-state index is -0.231. The van der Waals surface area contributed by atoms with Crippen LogP contribution in [0.5, 0.6) is 28.7 Å². The Morgan fingerprint density at radius 1 is 0.301 bits per heavy atom. The molecule has 0 saturated heterocycles. The van der Waals surface area contributed by atoms with Crippen molar-refractivity contribution in [1.29, 1.82) is 0 Å². The molecular weight excluding hydrogens is 1530 g/mol. The number of pyridine rings is 5. The van der Waals surface area contributed by atoms with Gasteiger partial charge < -0.3 is 23.7 Å². The number of methoxy groups -OCH3 is 5. The summed E-state index contributed by atoms with van der Waals surface area (Å²) in [6.07, 6.45) is 13.3. The van der Waals surface area contributed by atoms with E-state index < -0.39 is 0 Å². The lowest BCUT2D eigenvalue weighted by molar-refractivity contribution is 0.411. The van der Waals surface area contributed by atoms with Gasteiger partial charge in [-0.3, -0.25) is 24.9 Å². The number of ether oxygens (including phenoxy) is 5. The van der Waals surface area contributed by atoms with Gasteiger partial charge in [-0.15, -0.1) is 0 Å². The predicted octanol–water partition coefficient (Wildman–Crippen LogP) is 30.7. The second kappa shape index (κ2) is 38.6. The van der Waals surface area contributed by atoms with Crippen molar-refractivity contribution < 1.29 is 36.9 Å². The molecule has 5 aromatic carbocycles. The molecular formula is C110H146F3N5O5. The highest BCUT2D eigenvalue weighted by Crippen LogP contribution is 2.50. The molecule has 123 heavy (non-hydrogen) atoms. The summed E-state index contributed by atoms with van der Waals surface area (Å²) in [6.45, 7) is 65.0. The molecule has 0 N–H and O–H groups in total. The molecule has 10 aromatic rings. The van der Waals surface area contributed by atoms with Crippen molar-refractivity contribution in [1.82, 2.24) is 24.9 Å². The molecule has 0 atom stereocenters. The molecule has 5 heterocycles. The summed E-state index contributed by atoms with van der Waals surface area (Å²) in [6, 6.07) is 38.8. The molecule has 0 radical (unpaired) electrons. The lowest BCUT2D eigenvalue weighted by atomic mass is 9.81. The molecule has 10 nitrogen and oxygen atoms in total. The van der Waals surface area contributed by atoms with Crippen molar-refractivity contribution in [3.05, 3.63) is 235 Å². The zero-order chi connectivity index (χ0) is 91.5. The normalized spacial score (nSPS) is 13.9. The summed E-state index contributed by atoms with van der Waals surface area (Å²) in [5, 5.41) is 0. The minimum Gasteiger partial charge on any atom is -0.496 e. The van der Waals surface area contributed by atoms with E-state index in [1.54, 1.807) is 35.5 Å². The first-order valence-electron chi connectivity index (χ1n) is 44.7. The van der Waals surface area contributed by atoms with E-state index in [-0.39, 0.29) is 73.1 Å². The van der Waals surface area contributed by atoms with Crippen LogP contribution in [0.25, 0.3) is 55.9 Å². The standard InChI is InChI=1S/C23H31NO.C23H33NO.2C22H28FNO.C20H26FNO/c1-22(2,3)16-10-13-20(25-7)18(14-16)17-11-12-19(15-8-9-15)24-21(17)23(4,5)6;1-15(2)19-12-11-17(21(24-19)23(6,7)8)18-14-16(22(3,4)5)10-13-20(18)25-9;1-13(2)15-9-16(21(25-6)11-19(15)23)17-12-24-20(14-7-8-14)10-18(17)22(3,4)5;1-13(2)16-10-17(20(25-6)11-19(16)23)21-18(22(3,4)5)9-15(12-24-21)14-7-8-14;1-12(2)14-9-15(18(23-7)10-17(14)21)19-16(20(4,5)6)8-13(3)11-22-19/h10-15H,8-9H2,1-7H3;10-15H,1-9H3;2*9-14H,7-8H2,1-6H3;8-12H,1-7H3. The average molecular weight is 1680 g/mol. The minimum absolute atomic E-state index is 0.0109. The van der Waals surface area contributed by atoms with Crippen LogP contribution < -0.4 is 23.7 Å². The van der Waals surface area contributed by atoms with Crippen LogP contribution in [0.1, 0.15) is 365 Å². The largest absolute Gasteiger partial charge is 0.496 e. The highest BCUT2D eigenvalue weighted by atomic mass is 19.1. The third kappa shape index (κ3) is 24.2. The summed E-state index contributed by atoms with van der Waals surface area (Å²) >= 11 is 0. The number of aryl methyl sites for hydroxylation is 1. The molecule has 0 aliphatic heterocycles. The molecule has 13 rings (SSSR count). The van der Waals surface area contributed by atoms with E-state index in [1.165, 1.54) is 113 Å². The van der Waals surface area contributed by atoms with Crippen molar-refractivity contribution >= 4 is 0 Å². The first-order valence-corrected chi connectivity index (χ1v) is 44.7. The van der Waals surface area contributed by atoms with Gasteiger partial charge in [0.1, 0.15) is 46.2 Å². The highest BCUT2D eigenvalue weighted by molar-refractivity contribution is 5.79. The Balaban J connectivity index is 0.000000174. The lowest BCUT2D eigenvalue weighted by Gasteiger charge is -2.26. The average Bonchev–Trinajstić information content (AvgIpc) is 1.74. The monoisotopic (exact) mass is 1670 g/mol. The van der Waals surface area contributed by atoms with Crippen LogP contribution >= 0.6 is 0 Å². The number of hydrogen-bond donors (Lipinski definition) is 0. The van der Waals surface area contributed by atoms with Crippen molar-refractivity contribution in [3.8, 4) is 84.6 Å². The van der Waals surface area contributed by atoms with Crippen molar-refractivity contribution in [2.45, 2.75) is 326 Å². The van der Waals surface area contributed by atoms with Gasteiger partial charge >= 0.3 is 0 Å². The first-order chi connectivity index (χ1) is 57.1. The van der Waals surface area contributed by atoms with Crippen LogP contribution in [0, 0.1) is 24.4 Å². The molecule has 0 spiro atoms. The van der Waals surface area contributed by atoms with Gasteiger partial charge in [0, 0.05) is 121 Å². The Morgan fingerprint density at radius 3 is 1.04 bits per heavy atom. The summed E-state index contributed by atoms with van der Waals surface area (Å²) in [4.78, 5) is 24.3. The van der Waals surface area contributed by atoms with Crippen LogP contribution in [0.15, 0.2) is 134 Å². The van der Waals surface area contributed by atoms with Gasteiger partial charge in [-0.05, 0) is 218 Å². The van der Waals surface area contributed by atoms with E-state index in [2.05, 4.69) is 243 Å². The van der Waals surface area contributed by atoms with Gasteiger partial charge in [0.25, 0.3) is 0 Å². The molecule has 3 aliphatic rings. The number of benzene rings is 5. The quantitative estimate of drug-likeness (QED) is 0.0874. The van der Waals surface area contributed by atoms with Crippen molar-refractivity contribution in [2.24, 2.45) is 0 Å². The summed E-state index contributed by atoms with van der Waals surface area (Å²) in [5.74, 6) is 5.44. The Labute approximate surface area is 738 Å². The molecule has 0 unspecified atom stereocenters. The maximum Gasteiger partial charge on any atom is 0.131 e. The van der Waals surface area contributed by atoms with E-state index in [4.69, 9.17) is 43.6 Å². The second-order valence-electron chi connectivity index (χ2n) is 42.7. The third-order valence-electron chi connectivity index (χ3n) is 23.5. The van der Waals surface area contributed by atoms with Crippen molar-refractivity contribution in [2.75, 3.05) is 35.5 Å². The highest BCUT2D eigenvalue weighted by Gasteiger charge is 2.35. The van der Waals surface area contributed by atoms with Gasteiger partial charge in [0.2, 0.25) is 0 Å². The summed E-state index contributed by atoms with van der Waals surface area (Å²) in [7, 11) is 8.23. The van der Waals surface area contributed by atoms with Crippen LogP contribution in [-0.4, -0.2) is 60.5 Å². The molecule has 5 aromatic heterocycles. The summed E-state index contributed by atoms with van der Waals surface area (Å²) < 4.78 is 70.9. The number of halogens is 3. The first kappa shape index (κ1) is 97.4. The molecule has 3 aliphatic carbocycles. The Bertz CT molecular complexity index is 5080. The number of rotatable bonds is 17. The van der Waals surface area contributed by atoms with E-state index in [0.717, 1.165) is 78.8 Å². The fourth-order valence-corrected chi connectivity index (χ4v) is 15.5. The van der Waals surface area contributed by atoms with E-state index >= 15 is 0 Å². The second-order valence-corrected chi connectivity index (χ2v) is 42.7. The fraction of sp³-hybridized carbons (Fsp3) is 0.500. The predicted molar refractivity (Wildman–Crippen MR) is 509 cm³/mol. The molecule has 13 heteroatoms. The Hall–Kier alpha value is -9.36. The number of aromatic nitrogens is 5. The van der Waals surface area contributed by atoms with Gasteiger partial charge in [-0.25, -0.2) is 13.2 Å². The molecule has 0 bridgehead atoms. The van der Waals surface area contributed by atoms with E-state index in [1.807, 2.05) is 85.3 Å². The fourth-order valence-electron chi connectivity index (χ4n) is 15.5. The van der Waals surface area contributed by atoms with Gasteiger partial charge in [-0.1, -0.05) is 237 Å². The van der Waals surface area contributed by atoms with Gasteiger partial charge in [-0.2, -0.15) is 0 Å². The molecule has 0 amide bonds. The van der Waals surface area contributed by atoms with Crippen LogP contribution in [0.2, 0.25) is 0 Å². The molecule has 662 valence electrons. The van der Waals surface area contributed by atoms with E-state index in [0.29, 0.717) is 57.6 Å². The summed E-state index contributed by atoms with van der Waals surface area (Å²) in [5.41, 5.74) is 26.7. The van der Waals surface area contributed by atoms with Gasteiger partial charge in [0.15, 0.2) is 0 Å². The maximum atomic E-state index is 14.4. The number of hydrogen-bond acceptors (Lipinski definition) is 10. The SMILES string of the molecule is COc1cc(F)c(C(C)C)cc1-c1cnc(C2CC2)cc1C(C)(C)C.COc1cc(F)c(C(C)C)cc1-c1ncc(C)cc1C(C)(C)C.COc1cc(F)c(C(C)C)cc1-c1ncc(C2CC2)cc1C(C)(C)C.COc1ccc(C(C)(C)C)cc1-c1ccc(C(C)C)nc1C(C)(C)C.COc1ccc(C(C)(C)C)cc1-c1ccc(C2CC2)nc1C(C)(C)C. The number of nitrogens with zero attached hydrogens (tertiary/aromatic N) is 5. The third-order valence-corrected chi connectivity index (χ3v) is 23.5. The molecule has 3 saturated carbocycles. The topological polar surface area (TPSA) is 111 Å². The van der Waals surface area contributed by atoms with Crippen LogP contribution in [0.4, 0.5) is 13.2 Å². The Morgan fingerprint density at radius 2 is 0.667 bits per heavy atom. The zero-order valence-corrected chi connectivity index (χ0v) is 81.4. The van der Waals surface area contributed by atoms with Crippen molar-refractivity contribution in [3.63, 3.8) is 0 Å². The Kier molecular flexibility index (Phi) is 30.6. The smallest absolute Gasteiger partial charge is 0.131 e. The lowest BCUT2D eigenvalue weighted by Crippen LogP contribution is -2.17. The molecule has 3 fully saturated rings. The maximum absolute atomic E-state index is 14.4. The van der Waals surface area contributed by atoms with Crippen LogP contribution in [0.3, 0.4) is 0 Å². The zero-order valence-electron chi connectivity index (χ0n) is 81.4. The van der Waals surface area contributed by atoms with Crippen LogP contribution in [-0.2, 0) is 37.9 Å². The van der Waals surface area contributed by atoms with Gasteiger partial charge in [0.05, 0.1) is 58.3 Å². The van der Waals surface area contributed by atoms with E-state index in [9.17, 15) is 13.2 Å².